The van der Waals surface area contributed by atoms with E-state index in [2.05, 4.69) is 18.2 Å². The van der Waals surface area contributed by atoms with E-state index in [-0.39, 0.29) is 0 Å². The zero-order valence-electron chi connectivity index (χ0n) is 9.74. The highest BCUT2D eigenvalue weighted by atomic mass is 16.5. The Labute approximate surface area is 92.1 Å². The number of aliphatic hydroxyl groups is 1. The number of esters is 1. The maximum atomic E-state index is 11.2. The number of unbranched alkanes of at least 4 members (excludes halogenated alkanes) is 3. The molecule has 0 aromatic heterocycles. The normalized spacial score (nSPS) is 14.3. The van der Waals surface area contributed by atoms with Crippen LogP contribution in [0.4, 0.5) is 0 Å². The second kappa shape index (κ2) is 8.48. The quantitative estimate of drug-likeness (QED) is 0.383. The first-order chi connectivity index (χ1) is 7.17. The van der Waals surface area contributed by atoms with Crippen LogP contribution in [0.25, 0.3) is 0 Å². The molecular formula is C12H22O3. The minimum absolute atomic E-state index is 0.409. The Balaban J connectivity index is 3.88. The highest BCUT2D eigenvalue weighted by Crippen LogP contribution is 2.14. The molecule has 3 heteroatoms. The number of hydrogen-bond donors (Lipinski definition) is 1. The van der Waals surface area contributed by atoms with E-state index in [1.807, 2.05) is 0 Å². The second-order valence-electron chi connectivity index (χ2n) is 3.70. The molecular weight excluding hydrogens is 192 g/mol. The Kier molecular flexibility index (Phi) is 8.01. The fraction of sp³-hybridized carbons (Fsp3) is 0.750. The maximum Gasteiger partial charge on any atom is 0.315 e. The van der Waals surface area contributed by atoms with Crippen LogP contribution in [-0.2, 0) is 9.53 Å². The van der Waals surface area contributed by atoms with E-state index in [0.29, 0.717) is 6.42 Å². The van der Waals surface area contributed by atoms with Crippen molar-refractivity contribution in [3.63, 3.8) is 0 Å². The maximum absolute atomic E-state index is 11.2. The Morgan fingerprint density at radius 3 is 2.60 bits per heavy atom. The summed E-state index contributed by atoms with van der Waals surface area (Å²) < 4.78 is 4.58. The molecule has 0 aliphatic rings. The molecule has 1 N–H and O–H groups in total. The molecule has 0 aromatic carbocycles. The Morgan fingerprint density at radius 1 is 1.47 bits per heavy atom. The van der Waals surface area contributed by atoms with Crippen molar-refractivity contribution in [2.45, 2.75) is 45.1 Å². The topological polar surface area (TPSA) is 46.5 Å². The molecule has 0 radical (unpaired) electrons. The Morgan fingerprint density at radius 2 is 2.13 bits per heavy atom. The van der Waals surface area contributed by atoms with Gasteiger partial charge < -0.3 is 9.84 Å². The van der Waals surface area contributed by atoms with E-state index in [0.717, 1.165) is 19.3 Å². The molecule has 88 valence electrons. The van der Waals surface area contributed by atoms with Crippen LogP contribution in [0, 0.1) is 5.92 Å². The molecule has 0 saturated carbocycles. The average Bonchev–Trinajstić information content (AvgIpc) is 2.25. The summed E-state index contributed by atoms with van der Waals surface area (Å²) in [6.07, 6.45) is 5.80. The molecule has 15 heavy (non-hydrogen) atoms. The van der Waals surface area contributed by atoms with Gasteiger partial charge in [-0.3, -0.25) is 4.79 Å². The molecule has 2 atom stereocenters. The van der Waals surface area contributed by atoms with Crippen LogP contribution in [0.2, 0.25) is 0 Å². The highest BCUT2D eigenvalue weighted by Gasteiger charge is 2.23. The van der Waals surface area contributed by atoms with Gasteiger partial charge in [0.15, 0.2) is 0 Å². The predicted octanol–water partition coefficient (Wildman–Crippen LogP) is 2.29. The first-order valence-electron chi connectivity index (χ1n) is 5.55. The SMILES string of the molecule is C=CC(C(=O)OC)C(O)CCCCCC. The largest absolute Gasteiger partial charge is 0.468 e. The third-order valence-corrected chi connectivity index (χ3v) is 2.50. The number of aliphatic hydroxyl groups excluding tert-OH is 1. The Hall–Kier alpha value is -0.830. The minimum atomic E-state index is -0.660. The van der Waals surface area contributed by atoms with Crippen LogP contribution >= 0.6 is 0 Å². The standard InChI is InChI=1S/C12H22O3/c1-4-6-7-8-9-11(13)10(5-2)12(14)15-3/h5,10-11,13H,2,4,6-9H2,1,3H3. The lowest BCUT2D eigenvalue weighted by molar-refractivity contribution is -0.147. The number of carbonyl (C=O) groups excluding carboxylic acids is 1. The summed E-state index contributed by atoms with van der Waals surface area (Å²) in [4.78, 5) is 11.2. The molecule has 0 aromatic rings. The molecule has 0 aliphatic carbocycles. The molecule has 0 rings (SSSR count). The summed E-state index contributed by atoms with van der Waals surface area (Å²) in [5, 5.41) is 9.74. The van der Waals surface area contributed by atoms with Crippen LogP contribution < -0.4 is 0 Å². The molecule has 0 saturated heterocycles. The number of carbonyl (C=O) groups is 1. The lowest BCUT2D eigenvalue weighted by Gasteiger charge is -2.16. The average molecular weight is 214 g/mol. The number of hydrogen-bond acceptors (Lipinski definition) is 3. The fourth-order valence-electron chi connectivity index (χ4n) is 1.51. The third-order valence-electron chi connectivity index (χ3n) is 2.50. The van der Waals surface area contributed by atoms with Crippen molar-refractivity contribution < 1.29 is 14.6 Å². The van der Waals surface area contributed by atoms with Gasteiger partial charge in [0.25, 0.3) is 0 Å². The van der Waals surface area contributed by atoms with Crippen molar-refractivity contribution in [3.05, 3.63) is 12.7 Å². The van der Waals surface area contributed by atoms with E-state index < -0.39 is 18.0 Å². The van der Waals surface area contributed by atoms with E-state index in [4.69, 9.17) is 0 Å². The molecule has 0 heterocycles. The molecule has 0 amide bonds. The van der Waals surface area contributed by atoms with Crippen LogP contribution in [-0.4, -0.2) is 24.3 Å². The van der Waals surface area contributed by atoms with Crippen molar-refractivity contribution in [1.82, 2.24) is 0 Å². The fourth-order valence-corrected chi connectivity index (χ4v) is 1.51. The third kappa shape index (κ3) is 5.57. The van der Waals surface area contributed by atoms with Crippen molar-refractivity contribution in [2.75, 3.05) is 7.11 Å². The molecule has 0 aliphatic heterocycles. The Bertz CT molecular complexity index is 189. The summed E-state index contributed by atoms with van der Waals surface area (Å²) in [5.74, 6) is -0.996. The second-order valence-corrected chi connectivity index (χ2v) is 3.70. The van der Waals surface area contributed by atoms with E-state index in [1.54, 1.807) is 0 Å². The predicted molar refractivity (Wildman–Crippen MR) is 60.5 cm³/mol. The van der Waals surface area contributed by atoms with Gasteiger partial charge in [0.05, 0.1) is 13.2 Å². The van der Waals surface area contributed by atoms with Gasteiger partial charge in [0, 0.05) is 0 Å². The lowest BCUT2D eigenvalue weighted by atomic mass is 9.97. The van der Waals surface area contributed by atoms with Crippen molar-refractivity contribution in [1.29, 1.82) is 0 Å². The van der Waals surface area contributed by atoms with Gasteiger partial charge in [-0.05, 0) is 6.42 Å². The van der Waals surface area contributed by atoms with E-state index >= 15 is 0 Å². The van der Waals surface area contributed by atoms with Crippen molar-refractivity contribution >= 4 is 5.97 Å². The van der Waals surface area contributed by atoms with Gasteiger partial charge in [0.1, 0.15) is 5.92 Å². The smallest absolute Gasteiger partial charge is 0.315 e. The molecule has 0 spiro atoms. The first-order valence-corrected chi connectivity index (χ1v) is 5.55. The van der Waals surface area contributed by atoms with Crippen molar-refractivity contribution in [3.8, 4) is 0 Å². The highest BCUT2D eigenvalue weighted by molar-refractivity contribution is 5.74. The monoisotopic (exact) mass is 214 g/mol. The number of rotatable bonds is 8. The van der Waals surface area contributed by atoms with Gasteiger partial charge in [-0.1, -0.05) is 38.7 Å². The first kappa shape index (κ1) is 14.2. The van der Waals surface area contributed by atoms with E-state index in [1.165, 1.54) is 19.6 Å². The molecule has 3 nitrogen and oxygen atoms in total. The van der Waals surface area contributed by atoms with Crippen molar-refractivity contribution in [2.24, 2.45) is 5.92 Å². The van der Waals surface area contributed by atoms with Crippen LogP contribution in [0.3, 0.4) is 0 Å². The van der Waals surface area contributed by atoms with Gasteiger partial charge in [0.2, 0.25) is 0 Å². The zero-order valence-corrected chi connectivity index (χ0v) is 9.74. The summed E-state index contributed by atoms with van der Waals surface area (Å²) in [6.45, 7) is 5.67. The minimum Gasteiger partial charge on any atom is -0.468 e. The lowest BCUT2D eigenvalue weighted by Crippen LogP contribution is -2.27. The molecule has 0 bridgehead atoms. The summed E-state index contributed by atoms with van der Waals surface area (Å²) in [5.41, 5.74) is 0. The summed E-state index contributed by atoms with van der Waals surface area (Å²) in [7, 11) is 1.32. The summed E-state index contributed by atoms with van der Waals surface area (Å²) in [6, 6.07) is 0. The van der Waals surface area contributed by atoms with Gasteiger partial charge >= 0.3 is 5.97 Å². The summed E-state index contributed by atoms with van der Waals surface area (Å²) >= 11 is 0. The van der Waals surface area contributed by atoms with E-state index in [9.17, 15) is 9.90 Å². The molecule has 0 fully saturated rings. The zero-order chi connectivity index (χ0) is 11.7. The van der Waals surface area contributed by atoms with Crippen LogP contribution in [0.15, 0.2) is 12.7 Å². The molecule has 2 unspecified atom stereocenters. The van der Waals surface area contributed by atoms with Gasteiger partial charge in [-0.15, -0.1) is 6.58 Å². The van der Waals surface area contributed by atoms with Gasteiger partial charge in [-0.2, -0.15) is 0 Å². The van der Waals surface area contributed by atoms with Crippen LogP contribution in [0.1, 0.15) is 39.0 Å². The van der Waals surface area contributed by atoms with Crippen LogP contribution in [0.5, 0.6) is 0 Å². The van der Waals surface area contributed by atoms with Gasteiger partial charge in [-0.25, -0.2) is 0 Å². The number of ether oxygens (including phenoxy) is 1. The number of methoxy groups -OCH3 is 1.